The first-order valence-corrected chi connectivity index (χ1v) is 5.10. The fourth-order valence-electron chi connectivity index (χ4n) is 2.65. The van der Waals surface area contributed by atoms with Crippen LogP contribution in [0.3, 0.4) is 0 Å². The summed E-state index contributed by atoms with van der Waals surface area (Å²) in [4.78, 5) is 0. The Morgan fingerprint density at radius 2 is 1.77 bits per heavy atom. The molecule has 0 aromatic carbocycles. The van der Waals surface area contributed by atoms with E-state index in [-0.39, 0.29) is 24.2 Å². The van der Waals surface area contributed by atoms with Gasteiger partial charge in [-0.2, -0.15) is 0 Å². The topological polar surface area (TPSA) is 0 Å². The van der Waals surface area contributed by atoms with Gasteiger partial charge in [0, 0.05) is 12.8 Å². The van der Waals surface area contributed by atoms with E-state index < -0.39 is 5.92 Å². The standard InChI is InChI=1S/C11H20F2/c1-8-7-11(12,13)6-5-9(8)10(2,3)4/h8-9H,5-7H2,1-4H3. The minimum absolute atomic E-state index is 0.0783. The Labute approximate surface area is 79.7 Å². The monoisotopic (exact) mass is 190 g/mol. The maximum Gasteiger partial charge on any atom is 0.248 e. The third-order valence-electron chi connectivity index (χ3n) is 3.24. The highest BCUT2D eigenvalue weighted by Crippen LogP contribution is 2.46. The highest BCUT2D eigenvalue weighted by Gasteiger charge is 2.42. The van der Waals surface area contributed by atoms with Crippen LogP contribution in [0.4, 0.5) is 8.78 Å². The van der Waals surface area contributed by atoms with Crippen molar-refractivity contribution in [2.24, 2.45) is 17.3 Å². The number of alkyl halides is 2. The molecule has 0 saturated heterocycles. The molecule has 1 aliphatic carbocycles. The van der Waals surface area contributed by atoms with Gasteiger partial charge in [0.1, 0.15) is 0 Å². The molecule has 78 valence electrons. The number of rotatable bonds is 0. The molecule has 1 saturated carbocycles. The zero-order valence-electron chi connectivity index (χ0n) is 9.03. The van der Waals surface area contributed by atoms with E-state index in [1.54, 1.807) is 0 Å². The van der Waals surface area contributed by atoms with Crippen LogP contribution in [0.15, 0.2) is 0 Å². The van der Waals surface area contributed by atoms with Crippen LogP contribution in [0.1, 0.15) is 47.0 Å². The molecule has 0 aromatic heterocycles. The van der Waals surface area contributed by atoms with Gasteiger partial charge in [-0.05, 0) is 23.7 Å². The molecule has 0 N–H and O–H groups in total. The third-order valence-corrected chi connectivity index (χ3v) is 3.24. The minimum Gasteiger partial charge on any atom is -0.207 e. The quantitative estimate of drug-likeness (QED) is 0.539. The predicted octanol–water partition coefficient (Wildman–Crippen LogP) is 4.10. The van der Waals surface area contributed by atoms with Gasteiger partial charge in [-0.25, -0.2) is 8.78 Å². The molecule has 2 unspecified atom stereocenters. The van der Waals surface area contributed by atoms with Crippen LogP contribution in [0.2, 0.25) is 0 Å². The molecular formula is C11H20F2. The predicted molar refractivity (Wildman–Crippen MR) is 50.9 cm³/mol. The summed E-state index contributed by atoms with van der Waals surface area (Å²) in [5.41, 5.74) is 0.177. The fourth-order valence-corrected chi connectivity index (χ4v) is 2.65. The fraction of sp³-hybridized carbons (Fsp3) is 1.00. The van der Waals surface area contributed by atoms with Crippen molar-refractivity contribution in [3.8, 4) is 0 Å². The molecule has 2 atom stereocenters. The molecule has 0 heterocycles. The summed E-state index contributed by atoms with van der Waals surface area (Å²) in [6.45, 7) is 8.41. The van der Waals surface area contributed by atoms with Gasteiger partial charge in [-0.3, -0.25) is 0 Å². The maximum absolute atomic E-state index is 13.0. The van der Waals surface area contributed by atoms with E-state index in [1.807, 2.05) is 6.92 Å². The second-order valence-electron chi connectivity index (χ2n) is 5.55. The summed E-state index contributed by atoms with van der Waals surface area (Å²) < 4.78 is 26.0. The lowest BCUT2D eigenvalue weighted by Gasteiger charge is -2.41. The summed E-state index contributed by atoms with van der Waals surface area (Å²) in [5.74, 6) is -1.79. The van der Waals surface area contributed by atoms with Crippen molar-refractivity contribution in [2.75, 3.05) is 0 Å². The lowest BCUT2D eigenvalue weighted by molar-refractivity contribution is -0.0820. The first kappa shape index (κ1) is 10.9. The lowest BCUT2D eigenvalue weighted by atomic mass is 9.66. The molecule has 0 aliphatic heterocycles. The molecule has 13 heavy (non-hydrogen) atoms. The van der Waals surface area contributed by atoms with E-state index in [0.717, 1.165) is 0 Å². The van der Waals surface area contributed by atoms with Crippen molar-refractivity contribution < 1.29 is 8.78 Å². The Bertz CT molecular complexity index is 179. The van der Waals surface area contributed by atoms with Gasteiger partial charge in [0.15, 0.2) is 0 Å². The van der Waals surface area contributed by atoms with E-state index in [0.29, 0.717) is 12.3 Å². The van der Waals surface area contributed by atoms with Crippen LogP contribution in [0.25, 0.3) is 0 Å². The second-order valence-corrected chi connectivity index (χ2v) is 5.55. The smallest absolute Gasteiger partial charge is 0.207 e. The zero-order chi connectivity index (χ0) is 10.3. The average Bonchev–Trinajstić information content (AvgIpc) is 1.80. The molecule has 1 aliphatic rings. The van der Waals surface area contributed by atoms with E-state index >= 15 is 0 Å². The highest BCUT2D eigenvalue weighted by atomic mass is 19.3. The second kappa shape index (κ2) is 3.21. The Kier molecular flexibility index (Phi) is 2.70. The molecular weight excluding hydrogens is 170 g/mol. The molecule has 0 spiro atoms. The van der Waals surface area contributed by atoms with Crippen LogP contribution in [0, 0.1) is 17.3 Å². The maximum atomic E-state index is 13.0. The van der Waals surface area contributed by atoms with E-state index in [2.05, 4.69) is 20.8 Å². The SMILES string of the molecule is CC1CC(F)(F)CCC1C(C)(C)C. The van der Waals surface area contributed by atoms with Crippen molar-refractivity contribution in [3.63, 3.8) is 0 Å². The van der Waals surface area contributed by atoms with Crippen LogP contribution in [-0.2, 0) is 0 Å². The van der Waals surface area contributed by atoms with Gasteiger partial charge in [0.2, 0.25) is 5.92 Å². The van der Waals surface area contributed by atoms with Crippen LogP contribution in [0.5, 0.6) is 0 Å². The van der Waals surface area contributed by atoms with Gasteiger partial charge in [-0.15, -0.1) is 0 Å². The minimum atomic E-state index is -2.40. The van der Waals surface area contributed by atoms with Crippen LogP contribution in [-0.4, -0.2) is 5.92 Å². The Balaban J connectivity index is 2.64. The summed E-state index contributed by atoms with van der Waals surface area (Å²) in [6, 6.07) is 0. The van der Waals surface area contributed by atoms with Gasteiger partial charge >= 0.3 is 0 Å². The Morgan fingerprint density at radius 3 is 2.15 bits per heavy atom. The van der Waals surface area contributed by atoms with Gasteiger partial charge in [-0.1, -0.05) is 27.7 Å². The number of hydrogen-bond acceptors (Lipinski definition) is 0. The Morgan fingerprint density at radius 1 is 1.23 bits per heavy atom. The molecule has 1 fully saturated rings. The lowest BCUT2D eigenvalue weighted by Crippen LogP contribution is -2.37. The zero-order valence-corrected chi connectivity index (χ0v) is 9.03. The first-order valence-electron chi connectivity index (χ1n) is 5.10. The molecule has 0 bridgehead atoms. The Hall–Kier alpha value is -0.140. The van der Waals surface area contributed by atoms with Crippen molar-refractivity contribution in [1.82, 2.24) is 0 Å². The van der Waals surface area contributed by atoms with Crippen molar-refractivity contribution in [1.29, 1.82) is 0 Å². The normalized spacial score (nSPS) is 34.6. The van der Waals surface area contributed by atoms with Gasteiger partial charge < -0.3 is 0 Å². The van der Waals surface area contributed by atoms with E-state index in [1.165, 1.54) is 0 Å². The summed E-state index contributed by atoms with van der Waals surface area (Å²) in [7, 11) is 0. The van der Waals surface area contributed by atoms with E-state index in [9.17, 15) is 8.78 Å². The highest BCUT2D eigenvalue weighted by molar-refractivity contribution is 4.87. The van der Waals surface area contributed by atoms with Crippen LogP contribution >= 0.6 is 0 Å². The largest absolute Gasteiger partial charge is 0.248 e. The molecule has 0 nitrogen and oxygen atoms in total. The average molecular weight is 190 g/mol. The number of hydrogen-bond donors (Lipinski definition) is 0. The van der Waals surface area contributed by atoms with Crippen LogP contribution < -0.4 is 0 Å². The number of halogens is 2. The summed E-state index contributed by atoms with van der Waals surface area (Å²) in [5, 5.41) is 0. The van der Waals surface area contributed by atoms with Gasteiger partial charge in [0.05, 0.1) is 0 Å². The van der Waals surface area contributed by atoms with Crippen molar-refractivity contribution in [3.05, 3.63) is 0 Å². The molecule has 0 radical (unpaired) electrons. The summed E-state index contributed by atoms with van der Waals surface area (Å²) in [6.07, 6.45) is 0.839. The third kappa shape index (κ3) is 2.65. The van der Waals surface area contributed by atoms with Crippen molar-refractivity contribution in [2.45, 2.75) is 52.9 Å². The molecule has 1 rings (SSSR count). The van der Waals surface area contributed by atoms with E-state index in [4.69, 9.17) is 0 Å². The van der Waals surface area contributed by atoms with Crippen molar-refractivity contribution >= 4 is 0 Å². The molecule has 2 heteroatoms. The first-order chi connectivity index (χ1) is 5.72. The molecule has 0 amide bonds. The summed E-state index contributed by atoms with van der Waals surface area (Å²) >= 11 is 0. The van der Waals surface area contributed by atoms with Gasteiger partial charge in [0.25, 0.3) is 0 Å². The molecule has 0 aromatic rings.